The van der Waals surface area contributed by atoms with Crippen LogP contribution < -0.4 is 10.2 Å². The fourth-order valence-corrected chi connectivity index (χ4v) is 6.00. The van der Waals surface area contributed by atoms with Gasteiger partial charge in [0, 0.05) is 81.4 Å². The van der Waals surface area contributed by atoms with E-state index in [0.29, 0.717) is 11.1 Å². The highest BCUT2D eigenvalue weighted by Gasteiger charge is 2.24. The maximum Gasteiger partial charge on any atom is 0.159 e. The number of likely N-dealkylation sites (tertiary alicyclic amines) is 1. The number of aromatic nitrogens is 5. The lowest BCUT2D eigenvalue weighted by Gasteiger charge is -2.34. The van der Waals surface area contributed by atoms with E-state index in [1.165, 1.54) is 16.9 Å². The Balaban J connectivity index is 1.14. The van der Waals surface area contributed by atoms with Crippen LogP contribution in [0.5, 0.6) is 0 Å². The van der Waals surface area contributed by atoms with Crippen molar-refractivity contribution in [3.8, 4) is 11.4 Å². The molecule has 4 aromatic rings. The molecule has 2 fully saturated rings. The van der Waals surface area contributed by atoms with Gasteiger partial charge in [0.2, 0.25) is 0 Å². The molecule has 0 radical (unpaired) electrons. The number of fused-ring (bicyclic) bond motifs is 1. The highest BCUT2D eigenvalue weighted by Crippen LogP contribution is 2.33. The molecule has 0 unspecified atom stereocenters. The van der Waals surface area contributed by atoms with Crippen LogP contribution in [0.15, 0.2) is 30.5 Å². The molecule has 2 N–H and O–H groups in total. The third-order valence-electron chi connectivity index (χ3n) is 8.45. The Morgan fingerprint density at radius 2 is 1.72 bits per heavy atom. The summed E-state index contributed by atoms with van der Waals surface area (Å²) in [5, 5.41) is 8.90. The van der Waals surface area contributed by atoms with Gasteiger partial charge < -0.3 is 20.1 Å². The topological polar surface area (TPSA) is 81.1 Å². The number of hydrogen-bond acceptors (Lipinski definition) is 7. The van der Waals surface area contributed by atoms with Gasteiger partial charge in [0.1, 0.15) is 11.3 Å². The molecular weight excluding hydrogens is 510 g/mol. The van der Waals surface area contributed by atoms with E-state index < -0.39 is 0 Å². The number of likely N-dealkylation sites (N-methyl/N-ethyl adjacent to an activating group) is 1. The van der Waals surface area contributed by atoms with E-state index in [1.807, 2.05) is 11.7 Å². The smallest absolute Gasteiger partial charge is 0.159 e. The number of benzene rings is 1. The van der Waals surface area contributed by atoms with Gasteiger partial charge in [0.05, 0.1) is 22.6 Å². The summed E-state index contributed by atoms with van der Waals surface area (Å²) in [6.45, 7) is 11.6. The monoisotopic (exact) mass is 547 g/mol. The molecule has 206 valence electrons. The Kier molecular flexibility index (Phi) is 7.22. The van der Waals surface area contributed by atoms with Gasteiger partial charge in [-0.15, -0.1) is 0 Å². The van der Waals surface area contributed by atoms with E-state index >= 15 is 0 Å². The summed E-state index contributed by atoms with van der Waals surface area (Å²) in [6, 6.07) is 9.00. The maximum absolute atomic E-state index is 6.66. The van der Waals surface area contributed by atoms with Crippen molar-refractivity contribution in [2.24, 2.45) is 7.05 Å². The highest BCUT2D eigenvalue weighted by molar-refractivity contribution is 6.34. The molecule has 0 amide bonds. The second-order valence-corrected chi connectivity index (χ2v) is 11.5. The molecule has 0 spiro atoms. The third kappa shape index (κ3) is 5.35. The average Bonchev–Trinajstić information content (AvgIpc) is 3.48. The van der Waals surface area contributed by atoms with Gasteiger partial charge in [-0.25, -0.2) is 9.97 Å². The van der Waals surface area contributed by atoms with Crippen molar-refractivity contribution in [3.05, 3.63) is 52.4 Å². The number of aromatic amines is 1. The van der Waals surface area contributed by atoms with Crippen LogP contribution in [0.4, 0.5) is 11.4 Å². The van der Waals surface area contributed by atoms with Crippen LogP contribution in [0.1, 0.15) is 29.8 Å². The Hall–Kier alpha value is -3.14. The van der Waals surface area contributed by atoms with E-state index in [1.54, 1.807) is 6.20 Å². The SMILES string of the molecule is Cc1nn(C)c(C)c1CN1CCC(Nc2c(Cl)cnc3[nH]c(-c4ccc(N5CCN(C)CC5)cc4)nc23)CC1. The Morgan fingerprint density at radius 3 is 2.38 bits per heavy atom. The minimum atomic E-state index is 0.337. The van der Waals surface area contributed by atoms with Gasteiger partial charge in [0.25, 0.3) is 0 Å². The standard InChI is InChI=1S/C29H38ClN9/c1-19-24(20(2)37(4)35-19)18-38-11-9-22(10-12-38)32-26-25(30)17-31-29-27(26)33-28(34-29)21-5-7-23(8-6-21)39-15-13-36(3)14-16-39/h5-8,17,22H,9-16,18H2,1-4H3,(H2,31,32,33,34). The number of imidazole rings is 1. The highest BCUT2D eigenvalue weighted by atomic mass is 35.5. The third-order valence-corrected chi connectivity index (χ3v) is 8.74. The summed E-state index contributed by atoms with van der Waals surface area (Å²) >= 11 is 6.66. The molecule has 0 bridgehead atoms. The molecular formula is C29H38ClN9. The molecule has 6 rings (SSSR count). The van der Waals surface area contributed by atoms with Crippen molar-refractivity contribution in [2.45, 2.75) is 39.3 Å². The predicted octanol–water partition coefficient (Wildman–Crippen LogP) is 4.46. The normalized spacial score (nSPS) is 17.8. The zero-order chi connectivity index (χ0) is 27.1. The van der Waals surface area contributed by atoms with Crippen molar-refractivity contribution in [2.75, 3.05) is 56.5 Å². The van der Waals surface area contributed by atoms with Gasteiger partial charge >= 0.3 is 0 Å². The molecule has 10 heteroatoms. The van der Waals surface area contributed by atoms with Crippen molar-refractivity contribution in [1.82, 2.24) is 34.5 Å². The Labute approximate surface area is 235 Å². The zero-order valence-corrected chi connectivity index (χ0v) is 24.1. The first-order valence-corrected chi connectivity index (χ1v) is 14.3. The molecule has 2 saturated heterocycles. The number of anilines is 2. The van der Waals surface area contributed by atoms with E-state index in [2.05, 4.69) is 80.2 Å². The van der Waals surface area contributed by atoms with Crippen molar-refractivity contribution in [3.63, 3.8) is 0 Å². The maximum atomic E-state index is 6.66. The van der Waals surface area contributed by atoms with Crippen LogP contribution in [0.3, 0.4) is 0 Å². The molecule has 0 atom stereocenters. The second kappa shape index (κ2) is 10.8. The van der Waals surface area contributed by atoms with Crippen LogP contribution in [0.25, 0.3) is 22.6 Å². The molecule has 2 aliphatic heterocycles. The summed E-state index contributed by atoms with van der Waals surface area (Å²) in [5.41, 5.74) is 8.45. The minimum absolute atomic E-state index is 0.337. The number of H-pyrrole nitrogens is 1. The number of aryl methyl sites for hydroxylation is 2. The lowest BCUT2D eigenvalue weighted by molar-refractivity contribution is 0.210. The molecule has 3 aromatic heterocycles. The van der Waals surface area contributed by atoms with Crippen LogP contribution in [0, 0.1) is 13.8 Å². The van der Waals surface area contributed by atoms with Crippen molar-refractivity contribution < 1.29 is 0 Å². The van der Waals surface area contributed by atoms with Gasteiger partial charge in [-0.3, -0.25) is 9.58 Å². The number of halogens is 1. The van der Waals surface area contributed by atoms with Crippen LogP contribution in [0.2, 0.25) is 5.02 Å². The number of pyridine rings is 1. The number of nitrogens with zero attached hydrogens (tertiary/aromatic N) is 7. The Morgan fingerprint density at radius 1 is 1.00 bits per heavy atom. The molecule has 9 nitrogen and oxygen atoms in total. The summed E-state index contributed by atoms with van der Waals surface area (Å²) < 4.78 is 1.98. The summed E-state index contributed by atoms with van der Waals surface area (Å²) in [7, 11) is 4.20. The summed E-state index contributed by atoms with van der Waals surface area (Å²) in [4.78, 5) is 20.2. The molecule has 39 heavy (non-hydrogen) atoms. The number of hydrogen-bond donors (Lipinski definition) is 2. The lowest BCUT2D eigenvalue weighted by atomic mass is 10.0. The molecule has 5 heterocycles. The predicted molar refractivity (Wildman–Crippen MR) is 159 cm³/mol. The number of piperazine rings is 1. The number of piperidine rings is 1. The van der Waals surface area contributed by atoms with Gasteiger partial charge in [-0.2, -0.15) is 5.10 Å². The first-order valence-electron chi connectivity index (χ1n) is 13.9. The first-order chi connectivity index (χ1) is 18.9. The van der Waals surface area contributed by atoms with Crippen LogP contribution in [-0.4, -0.2) is 86.9 Å². The quantitative estimate of drug-likeness (QED) is 0.369. The van der Waals surface area contributed by atoms with Gasteiger partial charge in [-0.05, 0) is 58.0 Å². The van der Waals surface area contributed by atoms with Gasteiger partial charge in [0.15, 0.2) is 5.65 Å². The largest absolute Gasteiger partial charge is 0.379 e. The number of rotatable bonds is 6. The van der Waals surface area contributed by atoms with E-state index in [9.17, 15) is 0 Å². The fraction of sp³-hybridized carbons (Fsp3) is 0.483. The van der Waals surface area contributed by atoms with Crippen LogP contribution >= 0.6 is 11.6 Å². The molecule has 2 aliphatic rings. The fourth-order valence-electron chi connectivity index (χ4n) is 5.81. The Bertz CT molecular complexity index is 1440. The first kappa shape index (κ1) is 26.1. The zero-order valence-electron chi connectivity index (χ0n) is 23.3. The lowest BCUT2D eigenvalue weighted by Crippen LogP contribution is -2.44. The minimum Gasteiger partial charge on any atom is -0.379 e. The van der Waals surface area contributed by atoms with Crippen molar-refractivity contribution in [1.29, 1.82) is 0 Å². The van der Waals surface area contributed by atoms with E-state index in [0.717, 1.165) is 92.6 Å². The van der Waals surface area contributed by atoms with E-state index in [4.69, 9.17) is 16.6 Å². The summed E-state index contributed by atoms with van der Waals surface area (Å²) in [5.74, 6) is 0.810. The van der Waals surface area contributed by atoms with Gasteiger partial charge in [-0.1, -0.05) is 11.6 Å². The average molecular weight is 548 g/mol. The molecule has 0 aliphatic carbocycles. The summed E-state index contributed by atoms with van der Waals surface area (Å²) in [6.07, 6.45) is 3.81. The second-order valence-electron chi connectivity index (χ2n) is 11.1. The van der Waals surface area contributed by atoms with Crippen LogP contribution in [-0.2, 0) is 13.6 Å². The molecule has 0 saturated carbocycles. The van der Waals surface area contributed by atoms with E-state index in [-0.39, 0.29) is 0 Å². The number of nitrogens with one attached hydrogen (secondary N) is 2. The van der Waals surface area contributed by atoms with Crippen molar-refractivity contribution >= 4 is 34.1 Å². The molecule has 1 aromatic carbocycles.